The predicted octanol–water partition coefficient (Wildman–Crippen LogP) is 4.67. The lowest BCUT2D eigenvalue weighted by Gasteiger charge is -2.69. The summed E-state index contributed by atoms with van der Waals surface area (Å²) < 4.78 is 36.1. The molecule has 1 spiro atoms. The van der Waals surface area contributed by atoms with Crippen LogP contribution in [0.15, 0.2) is 12.2 Å². The van der Waals surface area contributed by atoms with Gasteiger partial charge in [-0.05, 0) is 43.4 Å². The van der Waals surface area contributed by atoms with E-state index in [2.05, 4.69) is 32.9 Å². The van der Waals surface area contributed by atoms with Crippen LogP contribution < -0.4 is 0 Å². The summed E-state index contributed by atoms with van der Waals surface area (Å²) >= 11 is 0. The second-order valence-corrected chi connectivity index (χ2v) is 11.5. The Morgan fingerprint density at radius 1 is 0.875 bits per heavy atom. The lowest BCUT2D eigenvalue weighted by molar-refractivity contribution is -0.299. The molecule has 32 heavy (non-hydrogen) atoms. The van der Waals surface area contributed by atoms with Crippen LogP contribution in [0.25, 0.3) is 0 Å². The summed E-state index contributed by atoms with van der Waals surface area (Å²) in [6.45, 7) is 9.45. The van der Waals surface area contributed by atoms with Crippen LogP contribution in [0, 0.1) is 28.1 Å². The molecule has 5 aliphatic rings. The Morgan fingerprint density at radius 3 is 2.34 bits per heavy atom. The highest BCUT2D eigenvalue weighted by Gasteiger charge is 2.72. The van der Waals surface area contributed by atoms with E-state index in [0.717, 1.165) is 58.2 Å². The van der Waals surface area contributed by atoms with Gasteiger partial charge in [-0.15, -0.1) is 0 Å². The van der Waals surface area contributed by atoms with Crippen molar-refractivity contribution in [2.45, 2.75) is 83.2 Å². The van der Waals surface area contributed by atoms with E-state index in [9.17, 15) is 0 Å². The molecule has 6 heteroatoms. The minimum atomic E-state index is -0.354. The molecule has 4 aliphatic carbocycles. The van der Waals surface area contributed by atoms with Gasteiger partial charge < -0.3 is 28.4 Å². The van der Waals surface area contributed by atoms with E-state index in [0.29, 0.717) is 25.4 Å². The summed E-state index contributed by atoms with van der Waals surface area (Å²) in [5.74, 6) is 0.581. The van der Waals surface area contributed by atoms with Gasteiger partial charge in [0.05, 0.1) is 24.9 Å². The summed E-state index contributed by atoms with van der Waals surface area (Å²) in [4.78, 5) is 0. The number of fused-ring (bicyclic) bond motifs is 5. The van der Waals surface area contributed by atoms with Gasteiger partial charge in [0.2, 0.25) is 0 Å². The lowest BCUT2D eigenvalue weighted by atomic mass is 9.38. The molecule has 0 aromatic carbocycles. The Kier molecular flexibility index (Phi) is 5.83. The van der Waals surface area contributed by atoms with Gasteiger partial charge in [0, 0.05) is 43.8 Å². The molecule has 1 unspecified atom stereocenters. The zero-order valence-electron chi connectivity index (χ0n) is 20.6. The van der Waals surface area contributed by atoms with E-state index < -0.39 is 0 Å². The first-order valence-electron chi connectivity index (χ1n) is 12.5. The zero-order chi connectivity index (χ0) is 22.7. The molecule has 0 radical (unpaired) electrons. The van der Waals surface area contributed by atoms with Crippen molar-refractivity contribution in [3.05, 3.63) is 12.2 Å². The standard InChI is InChI=1S/C26H42O6/c1-22-10-12-24(3)23(2)11-13-25(30-14-15-31-25)16-19(23)8-9-26(24,32-18-28-5)20(22)6-7-21(22)29-17-27-4/h10,12,19-21H,6-9,11,13-18H2,1-5H3/t19?,20-,21+,22+,23-,24-,26+/m1/s1. The molecule has 5 rings (SSSR count). The van der Waals surface area contributed by atoms with Gasteiger partial charge in [0.15, 0.2) is 5.79 Å². The van der Waals surface area contributed by atoms with Crippen molar-refractivity contribution in [3.8, 4) is 0 Å². The average molecular weight is 451 g/mol. The molecule has 3 saturated carbocycles. The quantitative estimate of drug-likeness (QED) is 0.433. The number of ether oxygens (including phenoxy) is 6. The Labute approximate surface area is 193 Å². The summed E-state index contributed by atoms with van der Waals surface area (Å²) in [5.41, 5.74) is -0.321. The van der Waals surface area contributed by atoms with E-state index in [1.165, 1.54) is 0 Å². The van der Waals surface area contributed by atoms with Gasteiger partial charge in [-0.2, -0.15) is 0 Å². The zero-order valence-corrected chi connectivity index (χ0v) is 20.6. The number of hydrogen-bond acceptors (Lipinski definition) is 6. The van der Waals surface area contributed by atoms with Crippen molar-refractivity contribution in [1.82, 2.24) is 0 Å². The molecular weight excluding hydrogens is 408 g/mol. The maximum absolute atomic E-state index is 6.87. The molecule has 0 amide bonds. The van der Waals surface area contributed by atoms with Crippen molar-refractivity contribution in [1.29, 1.82) is 0 Å². The predicted molar refractivity (Wildman–Crippen MR) is 120 cm³/mol. The first-order chi connectivity index (χ1) is 15.3. The third-order valence-corrected chi connectivity index (χ3v) is 10.5. The largest absolute Gasteiger partial charge is 0.359 e. The van der Waals surface area contributed by atoms with Gasteiger partial charge in [0.1, 0.15) is 13.6 Å². The van der Waals surface area contributed by atoms with E-state index in [4.69, 9.17) is 28.4 Å². The Hall–Kier alpha value is -0.500. The smallest absolute Gasteiger partial charge is 0.168 e. The number of rotatable bonds is 6. The molecule has 1 aliphatic heterocycles. The molecule has 1 heterocycles. The van der Waals surface area contributed by atoms with Crippen LogP contribution in [0.2, 0.25) is 0 Å². The third kappa shape index (κ3) is 2.99. The SMILES string of the molecule is COCO[C@H]1CC[C@@H]2[C@]1(C)C=C[C@@]1(C)[C@]2(OCOC)CCC2CC3(CC[C@]21C)OCCO3. The Balaban J connectivity index is 1.54. The van der Waals surface area contributed by atoms with Crippen LogP contribution in [0.4, 0.5) is 0 Å². The lowest BCUT2D eigenvalue weighted by Crippen LogP contribution is -2.70. The van der Waals surface area contributed by atoms with Crippen LogP contribution in [0.5, 0.6) is 0 Å². The minimum absolute atomic E-state index is 0.0669. The van der Waals surface area contributed by atoms with E-state index in [1.54, 1.807) is 14.2 Å². The van der Waals surface area contributed by atoms with Crippen LogP contribution >= 0.6 is 0 Å². The fraction of sp³-hybridized carbons (Fsp3) is 0.923. The number of methoxy groups -OCH3 is 2. The average Bonchev–Trinajstić information content (AvgIpc) is 3.38. The molecular formula is C26H42O6. The molecule has 4 fully saturated rings. The minimum Gasteiger partial charge on any atom is -0.359 e. The topological polar surface area (TPSA) is 55.4 Å². The first-order valence-corrected chi connectivity index (χ1v) is 12.5. The summed E-state index contributed by atoms with van der Waals surface area (Å²) in [7, 11) is 3.43. The van der Waals surface area contributed by atoms with Crippen molar-refractivity contribution in [3.63, 3.8) is 0 Å². The van der Waals surface area contributed by atoms with Gasteiger partial charge in [-0.25, -0.2) is 0 Å². The molecule has 6 nitrogen and oxygen atoms in total. The second-order valence-electron chi connectivity index (χ2n) is 11.5. The maximum Gasteiger partial charge on any atom is 0.168 e. The van der Waals surface area contributed by atoms with Gasteiger partial charge in [-0.1, -0.05) is 32.9 Å². The van der Waals surface area contributed by atoms with Crippen molar-refractivity contribution in [2.24, 2.45) is 28.1 Å². The van der Waals surface area contributed by atoms with Crippen LogP contribution in [-0.2, 0) is 28.4 Å². The van der Waals surface area contributed by atoms with Crippen LogP contribution in [-0.4, -0.2) is 58.5 Å². The van der Waals surface area contributed by atoms with E-state index >= 15 is 0 Å². The van der Waals surface area contributed by atoms with Crippen LogP contribution in [0.3, 0.4) is 0 Å². The highest BCUT2D eigenvalue weighted by atomic mass is 16.7. The summed E-state index contributed by atoms with van der Waals surface area (Å²) in [6.07, 6.45) is 12.5. The molecule has 7 atom stereocenters. The Morgan fingerprint density at radius 2 is 1.62 bits per heavy atom. The molecule has 0 aromatic rings. The van der Waals surface area contributed by atoms with E-state index in [-0.39, 0.29) is 33.7 Å². The number of hydrogen-bond donors (Lipinski definition) is 0. The van der Waals surface area contributed by atoms with Gasteiger partial charge >= 0.3 is 0 Å². The third-order valence-electron chi connectivity index (χ3n) is 10.5. The fourth-order valence-electron chi connectivity index (χ4n) is 8.59. The van der Waals surface area contributed by atoms with Crippen molar-refractivity contribution < 1.29 is 28.4 Å². The molecule has 0 bridgehead atoms. The van der Waals surface area contributed by atoms with Gasteiger partial charge in [-0.3, -0.25) is 0 Å². The highest BCUT2D eigenvalue weighted by Crippen LogP contribution is 2.73. The normalized spacial score (nSPS) is 49.1. The first kappa shape index (κ1) is 23.3. The summed E-state index contributed by atoms with van der Waals surface area (Å²) in [6, 6.07) is 0. The van der Waals surface area contributed by atoms with Crippen LogP contribution in [0.1, 0.15) is 65.7 Å². The van der Waals surface area contributed by atoms with Gasteiger partial charge in [0.25, 0.3) is 0 Å². The molecule has 0 aromatic heterocycles. The van der Waals surface area contributed by atoms with E-state index in [1.807, 2.05) is 0 Å². The fourth-order valence-corrected chi connectivity index (χ4v) is 8.59. The second kappa shape index (κ2) is 8.03. The molecule has 1 saturated heterocycles. The maximum atomic E-state index is 6.87. The van der Waals surface area contributed by atoms with Crippen molar-refractivity contribution >= 4 is 0 Å². The highest BCUT2D eigenvalue weighted by molar-refractivity contribution is 5.32. The summed E-state index contributed by atoms with van der Waals surface area (Å²) in [5, 5.41) is 0. The molecule has 0 N–H and O–H groups in total. The molecule has 182 valence electrons. The monoisotopic (exact) mass is 450 g/mol. The van der Waals surface area contributed by atoms with Crippen molar-refractivity contribution in [2.75, 3.05) is 41.0 Å². The Bertz CT molecular complexity index is 734.